The molecule has 8 rings (SSSR count). The highest BCUT2D eigenvalue weighted by atomic mass is 15.0. The molecule has 2 heteroatoms. The summed E-state index contributed by atoms with van der Waals surface area (Å²) in [5.41, 5.74) is 14.9. The van der Waals surface area contributed by atoms with Gasteiger partial charge in [-0.05, 0) is 94.3 Å². The number of rotatable bonds is 9. The van der Waals surface area contributed by atoms with Crippen LogP contribution in [0.5, 0.6) is 0 Å². The lowest BCUT2D eigenvalue weighted by atomic mass is 9.86. The second-order valence-corrected chi connectivity index (χ2v) is 13.4. The van der Waals surface area contributed by atoms with Crippen molar-refractivity contribution in [2.75, 3.05) is 10.6 Å². The van der Waals surface area contributed by atoms with Gasteiger partial charge in [0.05, 0.1) is 5.54 Å². The minimum Gasteiger partial charge on any atom is -0.376 e. The molecule has 51 heavy (non-hydrogen) atoms. The monoisotopic (exact) mass is 656 g/mol. The largest absolute Gasteiger partial charge is 0.376 e. The van der Waals surface area contributed by atoms with E-state index in [1.165, 1.54) is 50.1 Å². The first-order valence-electron chi connectivity index (χ1n) is 17.7. The van der Waals surface area contributed by atoms with Gasteiger partial charge in [-0.2, -0.15) is 0 Å². The maximum atomic E-state index is 3.95. The minimum absolute atomic E-state index is 0.238. The summed E-state index contributed by atoms with van der Waals surface area (Å²) in [5.74, 6) is 0. The van der Waals surface area contributed by atoms with E-state index in [-0.39, 0.29) is 5.54 Å². The van der Waals surface area contributed by atoms with Crippen LogP contribution in [0, 0.1) is 0 Å². The summed E-state index contributed by atoms with van der Waals surface area (Å²) in [5, 5.41) is 7.67. The Morgan fingerprint density at radius 3 is 1.45 bits per heavy atom. The number of anilines is 3. The molecule has 0 saturated carbocycles. The van der Waals surface area contributed by atoms with Gasteiger partial charge < -0.3 is 10.6 Å². The molecule has 2 nitrogen and oxygen atoms in total. The van der Waals surface area contributed by atoms with Crippen molar-refractivity contribution in [3.63, 3.8) is 0 Å². The van der Waals surface area contributed by atoms with E-state index in [0.29, 0.717) is 0 Å². The first-order chi connectivity index (χ1) is 25.1. The Morgan fingerprint density at radius 2 is 0.882 bits per heavy atom. The van der Waals surface area contributed by atoms with Crippen LogP contribution in [0.15, 0.2) is 200 Å². The van der Waals surface area contributed by atoms with Crippen molar-refractivity contribution in [1.82, 2.24) is 0 Å². The highest BCUT2D eigenvalue weighted by Crippen LogP contribution is 2.40. The molecule has 0 saturated heterocycles. The predicted octanol–water partition coefficient (Wildman–Crippen LogP) is 13.3. The Morgan fingerprint density at radius 1 is 0.431 bits per heavy atom. The molecule has 1 atom stereocenters. The highest BCUT2D eigenvalue weighted by molar-refractivity contribution is 5.89. The van der Waals surface area contributed by atoms with Crippen molar-refractivity contribution in [3.8, 4) is 44.5 Å². The number of allylic oxidation sites excluding steroid dienone is 2. The summed E-state index contributed by atoms with van der Waals surface area (Å²) >= 11 is 0. The molecule has 7 aromatic rings. The van der Waals surface area contributed by atoms with Crippen molar-refractivity contribution < 1.29 is 0 Å². The molecule has 0 amide bonds. The molecule has 0 bridgehead atoms. The van der Waals surface area contributed by atoms with Crippen molar-refractivity contribution in [3.05, 3.63) is 206 Å². The molecule has 2 N–H and O–H groups in total. The second-order valence-electron chi connectivity index (χ2n) is 13.4. The van der Waals surface area contributed by atoms with E-state index < -0.39 is 0 Å². The molecule has 246 valence electrons. The van der Waals surface area contributed by atoms with Crippen LogP contribution < -0.4 is 10.6 Å². The average molecular weight is 657 g/mol. The molecular formula is C49H40N2. The van der Waals surface area contributed by atoms with E-state index >= 15 is 0 Å². The van der Waals surface area contributed by atoms with E-state index in [1.807, 2.05) is 0 Å². The molecule has 1 unspecified atom stereocenters. The fourth-order valence-electron chi connectivity index (χ4n) is 7.00. The van der Waals surface area contributed by atoms with Crippen molar-refractivity contribution in [2.45, 2.75) is 18.9 Å². The fraction of sp³-hybridized carbons (Fsp3) is 0.0612. The first-order valence-corrected chi connectivity index (χ1v) is 17.7. The number of hydrogen-bond acceptors (Lipinski definition) is 2. The van der Waals surface area contributed by atoms with Gasteiger partial charge in [-0.15, -0.1) is 0 Å². The van der Waals surface area contributed by atoms with Gasteiger partial charge in [-0.1, -0.05) is 164 Å². The van der Waals surface area contributed by atoms with Gasteiger partial charge in [-0.3, -0.25) is 0 Å². The normalized spacial score (nSPS) is 15.2. The van der Waals surface area contributed by atoms with E-state index in [0.717, 1.165) is 29.0 Å². The zero-order valence-electron chi connectivity index (χ0n) is 28.8. The van der Waals surface area contributed by atoms with E-state index in [1.54, 1.807) is 0 Å². The quantitative estimate of drug-likeness (QED) is 0.162. The minimum atomic E-state index is -0.238. The molecule has 1 aliphatic rings. The topological polar surface area (TPSA) is 24.1 Å². The third-order valence-corrected chi connectivity index (χ3v) is 9.65. The molecule has 0 fully saturated rings. The molecule has 0 radical (unpaired) electrons. The fourth-order valence-corrected chi connectivity index (χ4v) is 7.00. The second kappa shape index (κ2) is 14.2. The van der Waals surface area contributed by atoms with Crippen LogP contribution in [0.25, 0.3) is 50.1 Å². The zero-order chi connectivity index (χ0) is 34.5. The first kappa shape index (κ1) is 31.9. The smallest absolute Gasteiger partial charge is 0.0571 e. The zero-order valence-corrected chi connectivity index (χ0v) is 28.8. The summed E-state index contributed by atoms with van der Waals surface area (Å²) in [7, 11) is 0. The summed E-state index contributed by atoms with van der Waals surface area (Å²) < 4.78 is 0. The maximum absolute atomic E-state index is 3.95. The van der Waals surface area contributed by atoms with Gasteiger partial charge in [0.15, 0.2) is 0 Å². The van der Waals surface area contributed by atoms with Gasteiger partial charge in [0.2, 0.25) is 0 Å². The van der Waals surface area contributed by atoms with Gasteiger partial charge in [0.25, 0.3) is 0 Å². The van der Waals surface area contributed by atoms with Crippen molar-refractivity contribution in [2.24, 2.45) is 0 Å². The molecule has 7 aromatic carbocycles. The predicted molar refractivity (Wildman–Crippen MR) is 218 cm³/mol. The molecule has 0 aromatic heterocycles. The molecule has 1 aliphatic carbocycles. The third kappa shape index (κ3) is 7.18. The Balaban J connectivity index is 1.14. The maximum Gasteiger partial charge on any atom is 0.0571 e. The van der Waals surface area contributed by atoms with Gasteiger partial charge in [-0.25, -0.2) is 0 Å². The van der Waals surface area contributed by atoms with Gasteiger partial charge in [0.1, 0.15) is 0 Å². The van der Waals surface area contributed by atoms with Gasteiger partial charge >= 0.3 is 0 Å². The van der Waals surface area contributed by atoms with Crippen LogP contribution >= 0.6 is 0 Å². The van der Waals surface area contributed by atoms with Crippen molar-refractivity contribution >= 4 is 22.6 Å². The summed E-state index contributed by atoms with van der Waals surface area (Å²) in [6, 6.07) is 64.7. The van der Waals surface area contributed by atoms with Gasteiger partial charge in [0, 0.05) is 28.2 Å². The highest BCUT2D eigenvalue weighted by Gasteiger charge is 2.25. The Bertz CT molecular complexity index is 2310. The lowest BCUT2D eigenvalue weighted by molar-refractivity contribution is 0.643. The summed E-state index contributed by atoms with van der Waals surface area (Å²) in [4.78, 5) is 0. The molecule has 0 heterocycles. The summed E-state index contributed by atoms with van der Waals surface area (Å²) in [6.45, 7) is 2.29. The van der Waals surface area contributed by atoms with Crippen LogP contribution in [-0.2, 0) is 0 Å². The lowest BCUT2D eigenvalue weighted by Crippen LogP contribution is -2.33. The SMILES string of the molecule is CC1(Nc2ccc(-c3ccc(Nc4ccc(-c5ccccc5)cc4)c(-c4ccccc4)c3)cc2-c2ccccc2)C=C(c2ccccc2)C=CC1. The van der Waals surface area contributed by atoms with Crippen LogP contribution in [0.4, 0.5) is 17.1 Å². The van der Waals surface area contributed by atoms with Crippen LogP contribution in [0.1, 0.15) is 18.9 Å². The molecule has 0 spiro atoms. The van der Waals surface area contributed by atoms with Crippen LogP contribution in [-0.4, -0.2) is 5.54 Å². The standard InChI is InChI=1S/C49H40N2/c1-49(32-14-23-43(35-49)37-17-8-3-9-18-37)51-48-31-27-42(34-46(48)40-21-12-5-13-22-40)41-26-30-47(45(33-41)39-19-10-4-11-20-39)50-44-28-24-38(25-29-44)36-15-6-2-7-16-36/h2-31,33-35,50-51H,32H2,1H3. The summed E-state index contributed by atoms with van der Waals surface area (Å²) in [6.07, 6.45) is 7.80. The molecule has 0 aliphatic heterocycles. The Kier molecular flexibility index (Phi) is 8.89. The number of benzene rings is 7. The van der Waals surface area contributed by atoms with E-state index in [9.17, 15) is 0 Å². The van der Waals surface area contributed by atoms with E-state index in [4.69, 9.17) is 0 Å². The third-order valence-electron chi connectivity index (χ3n) is 9.65. The van der Waals surface area contributed by atoms with E-state index in [2.05, 4.69) is 218 Å². The van der Waals surface area contributed by atoms with Crippen molar-refractivity contribution in [1.29, 1.82) is 0 Å². The van der Waals surface area contributed by atoms with Crippen LogP contribution in [0.3, 0.4) is 0 Å². The Hall–Kier alpha value is -6.38. The Labute approximate surface area is 301 Å². The molecular weight excluding hydrogens is 617 g/mol. The number of nitrogens with one attached hydrogen (secondary N) is 2. The number of hydrogen-bond donors (Lipinski definition) is 2. The lowest BCUT2D eigenvalue weighted by Gasteiger charge is -2.32. The van der Waals surface area contributed by atoms with Crippen LogP contribution in [0.2, 0.25) is 0 Å². The average Bonchev–Trinajstić information content (AvgIpc) is 3.20.